The van der Waals surface area contributed by atoms with Crippen LogP contribution in [0.2, 0.25) is 0 Å². The Hall–Kier alpha value is -1.98. The molecule has 2 rings (SSSR count). The maximum atomic E-state index is 13.6. The zero-order valence-corrected chi connectivity index (χ0v) is 13.3. The van der Waals surface area contributed by atoms with Gasteiger partial charge in [0, 0.05) is 17.5 Å². The van der Waals surface area contributed by atoms with Gasteiger partial charge in [0.05, 0.1) is 11.0 Å². The molecule has 1 atom stereocenters. The number of carbonyl (C=O) groups is 1. The van der Waals surface area contributed by atoms with Gasteiger partial charge in [0.2, 0.25) is 0 Å². The average Bonchev–Trinajstić information content (AvgIpc) is 2.68. The molecule has 120 valence electrons. The predicted molar refractivity (Wildman–Crippen MR) is 79.9 cm³/mol. The molecule has 0 spiro atoms. The van der Waals surface area contributed by atoms with E-state index in [2.05, 4.69) is 4.98 Å². The van der Waals surface area contributed by atoms with Crippen LogP contribution in [0.15, 0.2) is 12.1 Å². The molecule has 2 aromatic rings. The smallest absolute Gasteiger partial charge is 0.327 e. The summed E-state index contributed by atoms with van der Waals surface area (Å²) in [7, 11) is 0. The molecule has 4 nitrogen and oxygen atoms in total. The Morgan fingerprint density at radius 3 is 2.23 bits per heavy atom. The number of fused-ring (bicyclic) bond motifs is 1. The molecule has 1 heterocycles. The number of carboxylic acids is 1. The lowest BCUT2D eigenvalue weighted by Crippen LogP contribution is -2.29. The fraction of sp³-hybridized carbons (Fsp3) is 0.500. The fourth-order valence-corrected chi connectivity index (χ4v) is 2.59. The number of carboxylic acid groups (broad SMARTS) is 1. The van der Waals surface area contributed by atoms with Crippen molar-refractivity contribution in [3.63, 3.8) is 0 Å². The van der Waals surface area contributed by atoms with Crippen molar-refractivity contribution in [1.29, 1.82) is 0 Å². The number of nitrogens with zero attached hydrogens (tertiary/aromatic N) is 2. The molecule has 0 aliphatic carbocycles. The molecule has 1 aromatic carbocycles. The summed E-state index contributed by atoms with van der Waals surface area (Å²) < 4.78 is 28.6. The summed E-state index contributed by atoms with van der Waals surface area (Å²) in [5, 5.41) is 9.57. The number of rotatable bonds is 3. The van der Waals surface area contributed by atoms with Crippen LogP contribution in [0.1, 0.15) is 46.5 Å². The summed E-state index contributed by atoms with van der Waals surface area (Å²) >= 11 is 0. The van der Waals surface area contributed by atoms with Crippen molar-refractivity contribution in [2.45, 2.75) is 46.1 Å². The number of halogens is 2. The number of hydrogen-bond donors (Lipinski definition) is 1. The van der Waals surface area contributed by atoms with Crippen LogP contribution < -0.4 is 0 Å². The van der Waals surface area contributed by atoms with Crippen molar-refractivity contribution in [2.75, 3.05) is 0 Å². The molecule has 22 heavy (non-hydrogen) atoms. The summed E-state index contributed by atoms with van der Waals surface area (Å²) in [6.45, 7) is 9.21. The molecule has 1 aromatic heterocycles. The maximum Gasteiger partial charge on any atom is 0.327 e. The maximum absolute atomic E-state index is 13.6. The van der Waals surface area contributed by atoms with E-state index in [1.54, 1.807) is 13.8 Å². The van der Waals surface area contributed by atoms with Crippen LogP contribution >= 0.6 is 0 Å². The van der Waals surface area contributed by atoms with Crippen LogP contribution in [-0.4, -0.2) is 20.6 Å². The molecule has 0 fully saturated rings. The topological polar surface area (TPSA) is 55.1 Å². The Morgan fingerprint density at radius 1 is 1.23 bits per heavy atom. The number of imidazole rings is 1. The van der Waals surface area contributed by atoms with E-state index in [4.69, 9.17) is 0 Å². The van der Waals surface area contributed by atoms with E-state index in [0.717, 1.165) is 12.1 Å². The number of hydrogen-bond acceptors (Lipinski definition) is 2. The lowest BCUT2D eigenvalue weighted by Gasteiger charge is -2.26. The van der Waals surface area contributed by atoms with E-state index in [9.17, 15) is 18.7 Å². The molecule has 1 unspecified atom stereocenters. The Labute approximate surface area is 127 Å². The normalized spacial score (nSPS) is 13.8. The molecule has 0 amide bonds. The minimum atomic E-state index is -1.02. The highest BCUT2D eigenvalue weighted by Gasteiger charge is 2.32. The molecule has 0 aliphatic heterocycles. The second kappa shape index (κ2) is 5.34. The largest absolute Gasteiger partial charge is 0.480 e. The highest BCUT2D eigenvalue weighted by atomic mass is 19.2. The van der Waals surface area contributed by atoms with Crippen LogP contribution in [0.5, 0.6) is 0 Å². The minimum absolute atomic E-state index is 0.232. The third-order valence-electron chi connectivity index (χ3n) is 3.57. The predicted octanol–water partition coefficient (Wildman–Crippen LogP) is 3.89. The van der Waals surface area contributed by atoms with Gasteiger partial charge in [-0.15, -0.1) is 0 Å². The Bertz CT molecular complexity index is 730. The van der Waals surface area contributed by atoms with E-state index in [1.807, 2.05) is 20.8 Å². The Balaban J connectivity index is 2.89. The van der Waals surface area contributed by atoms with E-state index in [0.29, 0.717) is 11.3 Å². The van der Waals surface area contributed by atoms with Gasteiger partial charge < -0.3 is 9.67 Å². The highest BCUT2D eigenvalue weighted by molar-refractivity contribution is 5.81. The standard InChI is InChI=1S/C16H20F2N2O2/c1-8(2)13(14(21)22)20-12-7-10(18)9(17)6-11(12)19-15(20)16(3,4)5/h6-8,13H,1-5H3,(H,21,22). The molecular weight excluding hydrogens is 290 g/mol. The van der Waals surface area contributed by atoms with Gasteiger partial charge in [-0.2, -0.15) is 0 Å². The monoisotopic (exact) mass is 310 g/mol. The van der Waals surface area contributed by atoms with Gasteiger partial charge in [0.25, 0.3) is 0 Å². The average molecular weight is 310 g/mol. The third kappa shape index (κ3) is 2.69. The van der Waals surface area contributed by atoms with E-state index >= 15 is 0 Å². The van der Waals surface area contributed by atoms with Crippen LogP contribution in [-0.2, 0) is 10.2 Å². The van der Waals surface area contributed by atoms with Gasteiger partial charge in [0.1, 0.15) is 11.9 Å². The first-order valence-corrected chi connectivity index (χ1v) is 7.14. The first kappa shape index (κ1) is 16.4. The summed E-state index contributed by atoms with van der Waals surface area (Å²) in [6, 6.07) is 1.13. The minimum Gasteiger partial charge on any atom is -0.480 e. The van der Waals surface area contributed by atoms with Gasteiger partial charge in [-0.1, -0.05) is 34.6 Å². The first-order chi connectivity index (χ1) is 10.0. The quantitative estimate of drug-likeness (QED) is 0.935. The summed E-state index contributed by atoms with van der Waals surface area (Å²) in [4.78, 5) is 16.1. The molecule has 0 bridgehead atoms. The zero-order valence-electron chi connectivity index (χ0n) is 13.3. The van der Waals surface area contributed by atoms with Gasteiger partial charge in [-0.3, -0.25) is 0 Å². The van der Waals surface area contributed by atoms with Crippen molar-refractivity contribution in [1.82, 2.24) is 9.55 Å². The molecule has 0 saturated heterocycles. The van der Waals surface area contributed by atoms with Crippen LogP contribution in [0, 0.1) is 17.6 Å². The van der Waals surface area contributed by atoms with Crippen molar-refractivity contribution < 1.29 is 18.7 Å². The van der Waals surface area contributed by atoms with Crippen molar-refractivity contribution in [3.05, 3.63) is 29.6 Å². The number of aromatic nitrogens is 2. The Morgan fingerprint density at radius 2 is 1.77 bits per heavy atom. The zero-order chi connectivity index (χ0) is 16.8. The fourth-order valence-electron chi connectivity index (χ4n) is 2.59. The lowest BCUT2D eigenvalue weighted by molar-refractivity contribution is -0.142. The van der Waals surface area contributed by atoms with Crippen molar-refractivity contribution in [3.8, 4) is 0 Å². The van der Waals surface area contributed by atoms with Crippen molar-refractivity contribution >= 4 is 17.0 Å². The second-order valence-electron chi connectivity index (χ2n) is 6.84. The third-order valence-corrected chi connectivity index (χ3v) is 3.57. The van der Waals surface area contributed by atoms with Gasteiger partial charge >= 0.3 is 5.97 Å². The van der Waals surface area contributed by atoms with Crippen molar-refractivity contribution in [2.24, 2.45) is 5.92 Å². The molecular formula is C16H20F2N2O2. The Kier molecular flexibility index (Phi) is 3.98. The van der Waals surface area contributed by atoms with E-state index < -0.39 is 29.1 Å². The molecule has 6 heteroatoms. The first-order valence-electron chi connectivity index (χ1n) is 7.14. The van der Waals surface area contributed by atoms with E-state index in [-0.39, 0.29) is 11.4 Å². The second-order valence-corrected chi connectivity index (χ2v) is 6.84. The van der Waals surface area contributed by atoms with Gasteiger partial charge in [-0.05, 0) is 5.92 Å². The highest BCUT2D eigenvalue weighted by Crippen LogP contribution is 2.33. The van der Waals surface area contributed by atoms with Gasteiger partial charge in [-0.25, -0.2) is 18.6 Å². The summed E-state index contributed by atoms with van der Waals surface area (Å²) in [5.41, 5.74) is 0.0924. The number of benzene rings is 1. The van der Waals surface area contributed by atoms with Crippen LogP contribution in [0.4, 0.5) is 8.78 Å². The molecule has 0 saturated carbocycles. The van der Waals surface area contributed by atoms with Gasteiger partial charge in [0.15, 0.2) is 11.6 Å². The summed E-state index contributed by atoms with van der Waals surface area (Å²) in [5.74, 6) is -2.77. The lowest BCUT2D eigenvalue weighted by atomic mass is 9.94. The molecule has 1 N–H and O–H groups in total. The number of aliphatic carboxylic acids is 1. The van der Waals surface area contributed by atoms with E-state index in [1.165, 1.54) is 4.57 Å². The molecule has 0 aliphatic rings. The summed E-state index contributed by atoms with van der Waals surface area (Å²) in [6.07, 6.45) is 0. The SMILES string of the molecule is CC(C)C(C(=O)O)n1c(C(C)(C)C)nc2cc(F)c(F)cc21. The van der Waals surface area contributed by atoms with Crippen LogP contribution in [0.25, 0.3) is 11.0 Å². The van der Waals surface area contributed by atoms with Crippen LogP contribution in [0.3, 0.4) is 0 Å². The molecule has 0 radical (unpaired) electrons.